The van der Waals surface area contributed by atoms with Gasteiger partial charge in [-0.25, -0.2) is 4.79 Å². The van der Waals surface area contributed by atoms with Crippen LogP contribution in [0.4, 0.5) is 0 Å². The Bertz CT molecular complexity index is 386. The molecule has 0 aliphatic rings. The number of carboxylic acid groups (broad SMARTS) is 1. The van der Waals surface area contributed by atoms with E-state index in [1.54, 1.807) is 6.07 Å². The third-order valence-corrected chi connectivity index (χ3v) is 3.61. The van der Waals surface area contributed by atoms with Crippen LogP contribution in [0.25, 0.3) is 0 Å². The molecule has 1 heterocycles. The van der Waals surface area contributed by atoms with E-state index in [0.717, 1.165) is 4.88 Å². The topological polar surface area (TPSA) is 76.0 Å². The normalized spacial score (nSPS) is 10.9. The molecule has 2 N–H and O–H groups in total. The Balaban J connectivity index is 2.60. The van der Waals surface area contributed by atoms with Crippen LogP contribution < -0.4 is 4.74 Å². The number of rotatable bonds is 8. The first-order valence-electron chi connectivity index (χ1n) is 5.74. The van der Waals surface area contributed by atoms with E-state index in [2.05, 4.69) is 0 Å². The average molecular weight is 274 g/mol. The minimum absolute atomic E-state index is 0.0314. The van der Waals surface area contributed by atoms with Crippen LogP contribution in [0.5, 0.6) is 5.75 Å². The largest absolute Gasteiger partial charge is 0.489 e. The molecule has 0 amide bonds. The van der Waals surface area contributed by atoms with E-state index in [-0.39, 0.29) is 30.6 Å². The first kappa shape index (κ1) is 14.9. The van der Waals surface area contributed by atoms with Crippen LogP contribution in [-0.4, -0.2) is 42.6 Å². The van der Waals surface area contributed by atoms with Crippen molar-refractivity contribution in [2.75, 3.05) is 26.4 Å². The fourth-order valence-electron chi connectivity index (χ4n) is 1.31. The molecule has 0 aliphatic carbocycles. The average Bonchev–Trinajstić information content (AvgIpc) is 2.73. The fraction of sp³-hybridized carbons (Fsp3) is 0.583. The molecule has 0 unspecified atom stereocenters. The number of hydrogen-bond donors (Lipinski definition) is 2. The van der Waals surface area contributed by atoms with Gasteiger partial charge in [-0.3, -0.25) is 0 Å². The van der Waals surface area contributed by atoms with Gasteiger partial charge in [0.2, 0.25) is 0 Å². The number of thiophene rings is 1. The van der Waals surface area contributed by atoms with Gasteiger partial charge in [-0.2, -0.15) is 0 Å². The third kappa shape index (κ3) is 4.29. The standard InChI is InChI=1S/C12H18O5S/c1-8(2)10-7-9(11(18-10)12(14)15)17-6-5-16-4-3-13/h7-8,13H,3-6H2,1-2H3,(H,14,15). The maximum absolute atomic E-state index is 11.1. The number of hydrogen-bond acceptors (Lipinski definition) is 5. The molecule has 1 aromatic rings. The van der Waals surface area contributed by atoms with E-state index in [0.29, 0.717) is 12.4 Å². The minimum atomic E-state index is -0.974. The van der Waals surface area contributed by atoms with E-state index in [9.17, 15) is 4.79 Å². The second-order valence-corrected chi connectivity index (χ2v) is 5.07. The van der Waals surface area contributed by atoms with Gasteiger partial charge >= 0.3 is 5.97 Å². The Morgan fingerprint density at radius 3 is 2.67 bits per heavy atom. The van der Waals surface area contributed by atoms with Gasteiger partial charge in [-0.1, -0.05) is 13.8 Å². The molecule has 0 radical (unpaired) electrons. The smallest absolute Gasteiger partial charge is 0.349 e. The Morgan fingerprint density at radius 2 is 2.11 bits per heavy atom. The summed E-state index contributed by atoms with van der Waals surface area (Å²) in [5, 5.41) is 17.6. The number of aromatic carboxylic acids is 1. The highest BCUT2D eigenvalue weighted by molar-refractivity contribution is 7.14. The lowest BCUT2D eigenvalue weighted by Crippen LogP contribution is -2.10. The number of carbonyl (C=O) groups is 1. The fourth-order valence-corrected chi connectivity index (χ4v) is 2.25. The Kier molecular flexibility index (Phi) is 6.11. The van der Waals surface area contributed by atoms with E-state index in [1.807, 2.05) is 13.8 Å². The van der Waals surface area contributed by atoms with Crippen LogP contribution in [0.3, 0.4) is 0 Å². The number of ether oxygens (including phenoxy) is 2. The predicted octanol–water partition coefficient (Wildman–Crippen LogP) is 1.96. The molecule has 18 heavy (non-hydrogen) atoms. The molecule has 6 heteroatoms. The maximum atomic E-state index is 11.1. The van der Waals surface area contributed by atoms with Crippen LogP contribution in [-0.2, 0) is 4.74 Å². The zero-order chi connectivity index (χ0) is 13.5. The maximum Gasteiger partial charge on any atom is 0.349 e. The second kappa shape index (κ2) is 7.35. The Hall–Kier alpha value is -1.11. The van der Waals surface area contributed by atoms with Crippen molar-refractivity contribution in [1.82, 2.24) is 0 Å². The highest BCUT2D eigenvalue weighted by atomic mass is 32.1. The molecular weight excluding hydrogens is 256 g/mol. The molecule has 0 atom stereocenters. The van der Waals surface area contributed by atoms with E-state index in [4.69, 9.17) is 19.7 Å². The molecule has 0 aliphatic heterocycles. The molecule has 0 fully saturated rings. The number of aliphatic hydroxyl groups excluding tert-OH is 1. The van der Waals surface area contributed by atoms with Crippen molar-refractivity contribution in [2.45, 2.75) is 19.8 Å². The third-order valence-electron chi connectivity index (χ3n) is 2.20. The summed E-state index contributed by atoms with van der Waals surface area (Å²) < 4.78 is 10.4. The SMILES string of the molecule is CC(C)c1cc(OCCOCCO)c(C(=O)O)s1. The lowest BCUT2D eigenvalue weighted by molar-refractivity contribution is 0.0662. The van der Waals surface area contributed by atoms with Gasteiger partial charge in [0.25, 0.3) is 0 Å². The van der Waals surface area contributed by atoms with Gasteiger partial charge in [0, 0.05) is 4.88 Å². The lowest BCUT2D eigenvalue weighted by atomic mass is 10.2. The summed E-state index contributed by atoms with van der Waals surface area (Å²) in [5.41, 5.74) is 0. The van der Waals surface area contributed by atoms with Crippen LogP contribution in [0, 0.1) is 0 Å². The molecule has 0 spiro atoms. The number of aliphatic hydroxyl groups is 1. The van der Waals surface area contributed by atoms with Gasteiger partial charge in [0.1, 0.15) is 12.4 Å². The molecule has 102 valence electrons. The molecule has 0 bridgehead atoms. The quantitative estimate of drug-likeness (QED) is 0.709. The van der Waals surface area contributed by atoms with Crippen molar-refractivity contribution in [3.8, 4) is 5.75 Å². The molecule has 5 nitrogen and oxygen atoms in total. The van der Waals surface area contributed by atoms with Crippen LogP contribution in [0.1, 0.15) is 34.3 Å². The summed E-state index contributed by atoms with van der Waals surface area (Å²) in [6.45, 7) is 4.84. The number of carboxylic acids is 1. The first-order chi connectivity index (χ1) is 8.56. The van der Waals surface area contributed by atoms with Crippen LogP contribution in [0.15, 0.2) is 6.07 Å². The zero-order valence-corrected chi connectivity index (χ0v) is 11.3. The molecular formula is C12H18O5S. The summed E-state index contributed by atoms with van der Waals surface area (Å²) in [6.07, 6.45) is 0. The zero-order valence-electron chi connectivity index (χ0n) is 10.5. The van der Waals surface area contributed by atoms with Crippen LogP contribution >= 0.6 is 11.3 Å². The van der Waals surface area contributed by atoms with Crippen molar-refractivity contribution >= 4 is 17.3 Å². The second-order valence-electron chi connectivity index (χ2n) is 3.99. The Labute approximate surface area is 110 Å². The van der Waals surface area contributed by atoms with Gasteiger partial charge in [0.05, 0.1) is 19.8 Å². The van der Waals surface area contributed by atoms with Crippen molar-refractivity contribution in [3.05, 3.63) is 15.8 Å². The summed E-state index contributed by atoms with van der Waals surface area (Å²) >= 11 is 1.24. The minimum Gasteiger partial charge on any atom is -0.489 e. The van der Waals surface area contributed by atoms with Crippen molar-refractivity contribution in [3.63, 3.8) is 0 Å². The highest BCUT2D eigenvalue weighted by Gasteiger charge is 2.18. The van der Waals surface area contributed by atoms with Crippen LogP contribution in [0.2, 0.25) is 0 Å². The van der Waals surface area contributed by atoms with Crippen molar-refractivity contribution in [2.24, 2.45) is 0 Å². The van der Waals surface area contributed by atoms with Crippen molar-refractivity contribution in [1.29, 1.82) is 0 Å². The Morgan fingerprint density at radius 1 is 1.39 bits per heavy atom. The first-order valence-corrected chi connectivity index (χ1v) is 6.56. The van der Waals surface area contributed by atoms with Crippen molar-refractivity contribution < 1.29 is 24.5 Å². The molecule has 0 saturated heterocycles. The molecule has 0 aromatic carbocycles. The predicted molar refractivity (Wildman–Crippen MR) is 68.8 cm³/mol. The molecule has 0 saturated carbocycles. The molecule has 1 rings (SSSR count). The summed E-state index contributed by atoms with van der Waals surface area (Å²) in [5.74, 6) is -0.307. The highest BCUT2D eigenvalue weighted by Crippen LogP contribution is 2.33. The summed E-state index contributed by atoms with van der Waals surface area (Å²) in [6, 6.07) is 1.77. The van der Waals surface area contributed by atoms with Gasteiger partial charge < -0.3 is 19.7 Å². The lowest BCUT2D eigenvalue weighted by Gasteiger charge is -2.05. The van der Waals surface area contributed by atoms with Gasteiger partial charge in [-0.15, -0.1) is 11.3 Å². The van der Waals surface area contributed by atoms with Gasteiger partial charge in [-0.05, 0) is 12.0 Å². The van der Waals surface area contributed by atoms with E-state index < -0.39 is 5.97 Å². The monoisotopic (exact) mass is 274 g/mol. The molecule has 1 aromatic heterocycles. The van der Waals surface area contributed by atoms with E-state index >= 15 is 0 Å². The summed E-state index contributed by atoms with van der Waals surface area (Å²) in [4.78, 5) is 12.3. The van der Waals surface area contributed by atoms with Gasteiger partial charge in [0.15, 0.2) is 4.88 Å². The van der Waals surface area contributed by atoms with E-state index in [1.165, 1.54) is 11.3 Å². The summed E-state index contributed by atoms with van der Waals surface area (Å²) in [7, 11) is 0.